The minimum absolute atomic E-state index is 0.174. The van der Waals surface area contributed by atoms with E-state index in [9.17, 15) is 0 Å². The molecule has 0 saturated carbocycles. The maximum Gasteiger partial charge on any atom is 0.122 e. The number of aryl methyl sites for hydroxylation is 1. The lowest BCUT2D eigenvalue weighted by atomic mass is 10.1. The summed E-state index contributed by atoms with van der Waals surface area (Å²) >= 11 is 3.65. The van der Waals surface area contributed by atoms with E-state index in [1.54, 1.807) is 7.11 Å². The molecule has 1 atom stereocenters. The Morgan fingerprint density at radius 3 is 2.65 bits per heavy atom. The zero-order chi connectivity index (χ0) is 12.3. The number of ether oxygens (including phenoxy) is 1. The second-order valence-electron chi connectivity index (χ2n) is 3.93. The van der Waals surface area contributed by atoms with Crippen LogP contribution < -0.4 is 4.74 Å². The van der Waals surface area contributed by atoms with Crippen LogP contribution in [0.5, 0.6) is 5.75 Å². The van der Waals surface area contributed by atoms with Crippen molar-refractivity contribution in [3.63, 3.8) is 0 Å². The first-order valence-corrected chi connectivity index (χ1v) is 6.44. The minimum atomic E-state index is 0.174. The number of methoxy groups -OCH3 is 1. The third-order valence-electron chi connectivity index (χ3n) is 2.66. The van der Waals surface area contributed by atoms with Crippen LogP contribution in [0.2, 0.25) is 0 Å². The molecule has 0 fully saturated rings. The van der Waals surface area contributed by atoms with E-state index in [1.165, 1.54) is 5.56 Å². The lowest BCUT2D eigenvalue weighted by Crippen LogP contribution is -1.97. The van der Waals surface area contributed by atoms with Crippen LogP contribution in [0.15, 0.2) is 40.8 Å². The molecule has 90 valence electrons. The molecule has 1 unspecified atom stereocenters. The summed E-state index contributed by atoms with van der Waals surface area (Å²) in [5, 5.41) is 0. The summed E-state index contributed by atoms with van der Waals surface area (Å²) in [5.74, 6) is 2.80. The SMILES string of the molecule is COc1ccccc1CC(Br)c1ccc(C)o1. The van der Waals surface area contributed by atoms with Gasteiger partial charge in [0.25, 0.3) is 0 Å². The third-order valence-corrected chi connectivity index (χ3v) is 3.44. The molecule has 1 aromatic heterocycles. The van der Waals surface area contributed by atoms with Crippen LogP contribution in [-0.4, -0.2) is 7.11 Å². The summed E-state index contributed by atoms with van der Waals surface area (Å²) in [5.41, 5.74) is 1.17. The molecular formula is C14H15BrO2. The smallest absolute Gasteiger partial charge is 0.122 e. The van der Waals surface area contributed by atoms with Gasteiger partial charge in [0.15, 0.2) is 0 Å². The lowest BCUT2D eigenvalue weighted by molar-refractivity contribution is 0.408. The molecule has 0 aliphatic rings. The Kier molecular flexibility index (Phi) is 3.89. The number of furan rings is 1. The minimum Gasteiger partial charge on any atom is -0.496 e. The highest BCUT2D eigenvalue weighted by molar-refractivity contribution is 9.09. The first-order valence-electron chi connectivity index (χ1n) is 5.53. The fraction of sp³-hybridized carbons (Fsp3) is 0.286. The molecular weight excluding hydrogens is 280 g/mol. The van der Waals surface area contributed by atoms with Crippen LogP contribution in [0.4, 0.5) is 0 Å². The fourth-order valence-electron chi connectivity index (χ4n) is 1.79. The Balaban J connectivity index is 2.15. The Morgan fingerprint density at radius 1 is 1.24 bits per heavy atom. The normalized spacial score (nSPS) is 12.4. The van der Waals surface area contributed by atoms with Crippen molar-refractivity contribution in [3.05, 3.63) is 53.5 Å². The van der Waals surface area contributed by atoms with Gasteiger partial charge in [-0.2, -0.15) is 0 Å². The molecule has 2 aromatic rings. The molecule has 0 radical (unpaired) electrons. The van der Waals surface area contributed by atoms with Crippen LogP contribution in [-0.2, 0) is 6.42 Å². The Bertz CT molecular complexity index is 490. The van der Waals surface area contributed by atoms with E-state index in [0.29, 0.717) is 0 Å². The lowest BCUT2D eigenvalue weighted by Gasteiger charge is -2.11. The standard InChI is InChI=1S/C14H15BrO2/c1-10-7-8-14(17-10)12(15)9-11-5-3-4-6-13(11)16-2/h3-8,12H,9H2,1-2H3. The first kappa shape index (κ1) is 12.2. The summed E-state index contributed by atoms with van der Waals surface area (Å²) in [6, 6.07) is 12.0. The zero-order valence-electron chi connectivity index (χ0n) is 9.94. The van der Waals surface area contributed by atoms with Crippen molar-refractivity contribution in [2.24, 2.45) is 0 Å². The predicted octanol–water partition coefficient (Wildman–Crippen LogP) is 4.28. The van der Waals surface area contributed by atoms with Gasteiger partial charge in [0, 0.05) is 0 Å². The molecule has 2 rings (SSSR count). The highest BCUT2D eigenvalue weighted by Gasteiger charge is 2.14. The van der Waals surface area contributed by atoms with Gasteiger partial charge >= 0.3 is 0 Å². The predicted molar refractivity (Wildman–Crippen MR) is 71.8 cm³/mol. The molecule has 0 aliphatic heterocycles. The van der Waals surface area contributed by atoms with E-state index < -0.39 is 0 Å². The van der Waals surface area contributed by atoms with E-state index in [0.717, 1.165) is 23.7 Å². The van der Waals surface area contributed by atoms with E-state index in [4.69, 9.17) is 9.15 Å². The molecule has 17 heavy (non-hydrogen) atoms. The summed E-state index contributed by atoms with van der Waals surface area (Å²) < 4.78 is 10.9. The average Bonchev–Trinajstić information content (AvgIpc) is 2.77. The number of rotatable bonds is 4. The Labute approximate surface area is 110 Å². The van der Waals surface area contributed by atoms with Crippen LogP contribution in [0.3, 0.4) is 0 Å². The molecule has 2 nitrogen and oxygen atoms in total. The van der Waals surface area contributed by atoms with Crippen molar-refractivity contribution in [2.45, 2.75) is 18.2 Å². The van der Waals surface area contributed by atoms with Gasteiger partial charge in [-0.25, -0.2) is 0 Å². The summed E-state index contributed by atoms with van der Waals surface area (Å²) in [4.78, 5) is 0.174. The maximum atomic E-state index is 5.60. The van der Waals surface area contributed by atoms with Crippen molar-refractivity contribution >= 4 is 15.9 Å². The molecule has 0 bridgehead atoms. The molecule has 3 heteroatoms. The second-order valence-corrected chi connectivity index (χ2v) is 5.04. The Hall–Kier alpha value is -1.22. The van der Waals surface area contributed by atoms with Crippen LogP contribution in [0.1, 0.15) is 21.9 Å². The van der Waals surface area contributed by atoms with E-state index >= 15 is 0 Å². The van der Waals surface area contributed by atoms with Gasteiger partial charge in [0.1, 0.15) is 17.3 Å². The van der Waals surface area contributed by atoms with Crippen molar-refractivity contribution in [2.75, 3.05) is 7.11 Å². The van der Waals surface area contributed by atoms with E-state index in [1.807, 2.05) is 37.3 Å². The zero-order valence-corrected chi connectivity index (χ0v) is 11.5. The molecule has 1 aromatic carbocycles. The highest BCUT2D eigenvalue weighted by Crippen LogP contribution is 2.31. The van der Waals surface area contributed by atoms with Crippen molar-refractivity contribution in [1.29, 1.82) is 0 Å². The highest BCUT2D eigenvalue weighted by atomic mass is 79.9. The maximum absolute atomic E-state index is 5.60. The molecule has 1 heterocycles. The van der Waals surface area contributed by atoms with Crippen molar-refractivity contribution in [1.82, 2.24) is 0 Å². The van der Waals surface area contributed by atoms with Gasteiger partial charge in [-0.15, -0.1) is 0 Å². The quantitative estimate of drug-likeness (QED) is 0.786. The summed E-state index contributed by atoms with van der Waals surface area (Å²) in [7, 11) is 1.69. The topological polar surface area (TPSA) is 22.4 Å². The van der Waals surface area contributed by atoms with Gasteiger partial charge in [0.05, 0.1) is 11.9 Å². The van der Waals surface area contributed by atoms with Crippen LogP contribution in [0.25, 0.3) is 0 Å². The van der Waals surface area contributed by atoms with E-state index in [-0.39, 0.29) is 4.83 Å². The Morgan fingerprint density at radius 2 is 2.00 bits per heavy atom. The third kappa shape index (κ3) is 2.91. The van der Waals surface area contributed by atoms with Crippen LogP contribution in [0, 0.1) is 6.92 Å². The number of hydrogen-bond acceptors (Lipinski definition) is 2. The van der Waals surface area contributed by atoms with Crippen LogP contribution >= 0.6 is 15.9 Å². The molecule has 0 spiro atoms. The summed E-state index contributed by atoms with van der Waals surface area (Å²) in [6.07, 6.45) is 0.844. The molecule has 0 N–H and O–H groups in total. The largest absolute Gasteiger partial charge is 0.496 e. The summed E-state index contributed by atoms with van der Waals surface area (Å²) in [6.45, 7) is 1.95. The fourth-order valence-corrected chi connectivity index (χ4v) is 2.38. The van der Waals surface area contributed by atoms with Gasteiger partial charge in [0.2, 0.25) is 0 Å². The van der Waals surface area contributed by atoms with Gasteiger partial charge in [-0.05, 0) is 37.1 Å². The van der Waals surface area contributed by atoms with Gasteiger partial charge in [-0.3, -0.25) is 0 Å². The molecule has 0 amide bonds. The average molecular weight is 295 g/mol. The number of para-hydroxylation sites is 1. The number of hydrogen-bond donors (Lipinski definition) is 0. The second kappa shape index (κ2) is 5.41. The van der Waals surface area contributed by atoms with Gasteiger partial charge < -0.3 is 9.15 Å². The monoisotopic (exact) mass is 294 g/mol. The number of halogens is 1. The number of benzene rings is 1. The molecule has 0 saturated heterocycles. The first-order chi connectivity index (χ1) is 8.20. The molecule has 0 aliphatic carbocycles. The van der Waals surface area contributed by atoms with E-state index in [2.05, 4.69) is 22.0 Å². The van der Waals surface area contributed by atoms with Crippen molar-refractivity contribution in [3.8, 4) is 5.75 Å². The van der Waals surface area contributed by atoms with Gasteiger partial charge in [-0.1, -0.05) is 34.1 Å². The van der Waals surface area contributed by atoms with Crippen molar-refractivity contribution < 1.29 is 9.15 Å². The number of alkyl halides is 1.